The summed E-state index contributed by atoms with van der Waals surface area (Å²) in [5, 5.41) is 1.09. The molecule has 0 aliphatic heterocycles. The van der Waals surface area contributed by atoms with Crippen LogP contribution in [0.1, 0.15) is 62.5 Å². The molecule has 1 fully saturated rings. The van der Waals surface area contributed by atoms with E-state index in [0.717, 1.165) is 55.2 Å². The maximum Gasteiger partial charge on any atom is 0.410 e. The first-order valence-corrected chi connectivity index (χ1v) is 13.1. The fourth-order valence-electron chi connectivity index (χ4n) is 4.25. The van der Waals surface area contributed by atoms with Crippen molar-refractivity contribution in [3.63, 3.8) is 0 Å². The third-order valence-electron chi connectivity index (χ3n) is 6.10. The smallest absolute Gasteiger partial charge is 0.410 e. The summed E-state index contributed by atoms with van der Waals surface area (Å²) in [5.41, 5.74) is 2.14. The van der Waals surface area contributed by atoms with Crippen molar-refractivity contribution in [2.24, 2.45) is 0 Å². The Hall–Kier alpha value is -1.85. The molecule has 0 saturated heterocycles. The zero-order chi connectivity index (χ0) is 22.4. The van der Waals surface area contributed by atoms with Crippen molar-refractivity contribution in [2.75, 3.05) is 11.9 Å². The summed E-state index contributed by atoms with van der Waals surface area (Å²) in [6.07, 6.45) is 8.90. The number of hydrogen-bond acceptors (Lipinski definition) is 3. The molecular formula is C27H36BrNO3. The van der Waals surface area contributed by atoms with Gasteiger partial charge in [0.05, 0.1) is 6.10 Å². The average molecular weight is 502 g/mol. The van der Waals surface area contributed by atoms with Crippen molar-refractivity contribution < 1.29 is 14.3 Å². The highest BCUT2D eigenvalue weighted by Gasteiger charge is 2.30. The summed E-state index contributed by atoms with van der Waals surface area (Å²) in [6, 6.07) is 20.2. The van der Waals surface area contributed by atoms with Crippen LogP contribution >= 0.6 is 15.9 Å². The van der Waals surface area contributed by atoms with E-state index in [1.165, 1.54) is 19.3 Å². The van der Waals surface area contributed by atoms with Crippen LogP contribution in [0, 0.1) is 0 Å². The lowest BCUT2D eigenvalue weighted by Gasteiger charge is -2.36. The predicted molar refractivity (Wildman–Crippen MR) is 133 cm³/mol. The van der Waals surface area contributed by atoms with Crippen LogP contribution in [0.4, 0.5) is 4.79 Å². The van der Waals surface area contributed by atoms with E-state index < -0.39 is 0 Å². The van der Waals surface area contributed by atoms with Crippen molar-refractivity contribution in [2.45, 2.75) is 76.7 Å². The normalized spacial score (nSPS) is 18.3. The minimum absolute atomic E-state index is 0.192. The van der Waals surface area contributed by atoms with Crippen molar-refractivity contribution >= 4 is 22.0 Å². The summed E-state index contributed by atoms with van der Waals surface area (Å²) in [7, 11) is 0. The van der Waals surface area contributed by atoms with Gasteiger partial charge in [-0.3, -0.25) is 0 Å². The number of amides is 1. The highest BCUT2D eigenvalue weighted by molar-refractivity contribution is 9.09. The average Bonchev–Trinajstić information content (AvgIpc) is 2.85. The third kappa shape index (κ3) is 8.59. The van der Waals surface area contributed by atoms with Gasteiger partial charge in [0, 0.05) is 24.5 Å². The maximum atomic E-state index is 13.1. The van der Waals surface area contributed by atoms with Gasteiger partial charge in [-0.1, -0.05) is 89.4 Å². The fraction of sp³-hybridized carbons (Fsp3) is 0.519. The van der Waals surface area contributed by atoms with Gasteiger partial charge in [-0.05, 0) is 49.7 Å². The first-order chi connectivity index (χ1) is 15.8. The third-order valence-corrected chi connectivity index (χ3v) is 6.66. The quantitative estimate of drug-likeness (QED) is 0.229. The van der Waals surface area contributed by atoms with Gasteiger partial charge in [0.25, 0.3) is 0 Å². The van der Waals surface area contributed by atoms with Crippen LogP contribution in [0.15, 0.2) is 60.7 Å². The largest absolute Gasteiger partial charge is 0.445 e. The second kappa shape index (κ2) is 14.3. The molecular weight excluding hydrogens is 466 g/mol. The Labute approximate surface area is 201 Å². The lowest BCUT2D eigenvalue weighted by Crippen LogP contribution is -2.43. The zero-order valence-electron chi connectivity index (χ0n) is 19.0. The Morgan fingerprint density at radius 1 is 0.844 bits per heavy atom. The van der Waals surface area contributed by atoms with Crippen molar-refractivity contribution in [1.82, 2.24) is 4.90 Å². The molecule has 0 spiro atoms. The molecule has 2 aromatic carbocycles. The number of benzene rings is 2. The Bertz CT molecular complexity index is 763. The summed E-state index contributed by atoms with van der Waals surface area (Å²) in [6.45, 7) is 1.74. The van der Waals surface area contributed by atoms with E-state index in [4.69, 9.17) is 9.47 Å². The summed E-state index contributed by atoms with van der Waals surface area (Å²) >= 11 is 3.48. The fourth-order valence-corrected chi connectivity index (χ4v) is 4.65. The molecule has 1 aliphatic rings. The van der Waals surface area contributed by atoms with E-state index in [1.54, 1.807) is 0 Å². The summed E-state index contributed by atoms with van der Waals surface area (Å²) in [4.78, 5) is 15.0. The van der Waals surface area contributed by atoms with E-state index in [1.807, 2.05) is 53.4 Å². The second-order valence-corrected chi connectivity index (χ2v) is 9.35. The lowest BCUT2D eigenvalue weighted by molar-refractivity contribution is 0.00199. The van der Waals surface area contributed by atoms with Gasteiger partial charge in [-0.25, -0.2) is 4.79 Å². The molecule has 0 heterocycles. The molecule has 1 amide bonds. The molecule has 2 aromatic rings. The van der Waals surface area contributed by atoms with Crippen LogP contribution in [0.3, 0.4) is 0 Å². The van der Waals surface area contributed by atoms with Crippen LogP contribution in [0.25, 0.3) is 0 Å². The predicted octanol–water partition coefficient (Wildman–Crippen LogP) is 7.11. The SMILES string of the molecule is O=C(OCc1ccccc1)N(Cc1ccccc1)[C@H]1CC[C@H](OCCCCCCBr)CC1. The molecule has 5 heteroatoms. The summed E-state index contributed by atoms with van der Waals surface area (Å²) in [5.74, 6) is 0. The van der Waals surface area contributed by atoms with Crippen LogP contribution in [0.2, 0.25) is 0 Å². The van der Waals surface area contributed by atoms with Crippen LogP contribution in [-0.2, 0) is 22.6 Å². The van der Waals surface area contributed by atoms with Gasteiger partial charge in [0.2, 0.25) is 0 Å². The van der Waals surface area contributed by atoms with Gasteiger partial charge in [0.15, 0.2) is 0 Å². The molecule has 0 bridgehead atoms. The number of nitrogens with zero attached hydrogens (tertiary/aromatic N) is 1. The molecule has 0 N–H and O–H groups in total. The highest BCUT2D eigenvalue weighted by Crippen LogP contribution is 2.27. The number of carbonyl (C=O) groups excluding carboxylic acids is 1. The number of unbranched alkanes of at least 4 members (excludes halogenated alkanes) is 3. The molecule has 32 heavy (non-hydrogen) atoms. The lowest BCUT2D eigenvalue weighted by atomic mass is 9.91. The minimum Gasteiger partial charge on any atom is -0.445 e. The van der Waals surface area contributed by atoms with Crippen LogP contribution in [-0.4, -0.2) is 35.1 Å². The number of ether oxygens (including phenoxy) is 2. The number of alkyl halides is 1. The van der Waals surface area contributed by atoms with E-state index >= 15 is 0 Å². The molecule has 1 aliphatic carbocycles. The number of rotatable bonds is 12. The molecule has 0 radical (unpaired) electrons. The Kier molecular flexibility index (Phi) is 11.1. The molecule has 1 saturated carbocycles. The molecule has 0 atom stereocenters. The van der Waals surface area contributed by atoms with E-state index in [-0.39, 0.29) is 12.1 Å². The van der Waals surface area contributed by atoms with Gasteiger partial charge < -0.3 is 14.4 Å². The Morgan fingerprint density at radius 3 is 2.12 bits per heavy atom. The van der Waals surface area contributed by atoms with E-state index in [2.05, 4.69) is 28.1 Å². The first kappa shape index (κ1) is 24.8. The Balaban J connectivity index is 1.50. The highest BCUT2D eigenvalue weighted by atomic mass is 79.9. The molecule has 4 nitrogen and oxygen atoms in total. The van der Waals surface area contributed by atoms with Gasteiger partial charge >= 0.3 is 6.09 Å². The molecule has 0 aromatic heterocycles. The maximum absolute atomic E-state index is 13.1. The molecule has 174 valence electrons. The van der Waals surface area contributed by atoms with Crippen molar-refractivity contribution in [3.8, 4) is 0 Å². The number of halogens is 1. The zero-order valence-corrected chi connectivity index (χ0v) is 20.5. The van der Waals surface area contributed by atoms with Crippen molar-refractivity contribution in [1.29, 1.82) is 0 Å². The van der Waals surface area contributed by atoms with Gasteiger partial charge in [0.1, 0.15) is 6.61 Å². The monoisotopic (exact) mass is 501 g/mol. The van der Waals surface area contributed by atoms with E-state index in [0.29, 0.717) is 19.3 Å². The van der Waals surface area contributed by atoms with Crippen LogP contribution < -0.4 is 0 Å². The first-order valence-electron chi connectivity index (χ1n) is 11.9. The summed E-state index contributed by atoms with van der Waals surface area (Å²) < 4.78 is 11.8. The molecule has 3 rings (SSSR count). The van der Waals surface area contributed by atoms with Gasteiger partial charge in [-0.15, -0.1) is 0 Å². The van der Waals surface area contributed by atoms with E-state index in [9.17, 15) is 4.79 Å². The van der Waals surface area contributed by atoms with Gasteiger partial charge in [-0.2, -0.15) is 0 Å². The van der Waals surface area contributed by atoms with Crippen molar-refractivity contribution in [3.05, 3.63) is 71.8 Å². The molecule has 0 unspecified atom stereocenters. The van der Waals surface area contributed by atoms with Crippen LogP contribution in [0.5, 0.6) is 0 Å². The number of hydrogen-bond donors (Lipinski definition) is 0. The Morgan fingerprint density at radius 2 is 1.47 bits per heavy atom. The topological polar surface area (TPSA) is 38.8 Å². The standard InChI is InChI=1S/C27H36BrNO3/c28-19-9-1-2-10-20-31-26-17-15-25(16-18-26)29(21-23-11-5-3-6-12-23)27(30)32-22-24-13-7-4-8-14-24/h3-8,11-14,25-26H,1-2,9-10,15-22H2/t25-,26-. The second-order valence-electron chi connectivity index (χ2n) is 8.56. The number of carbonyl (C=O) groups is 1. The minimum atomic E-state index is -0.228.